The van der Waals surface area contributed by atoms with Crippen LogP contribution in [-0.4, -0.2) is 38.4 Å². The average Bonchev–Trinajstić information content (AvgIpc) is 3.48. The molecule has 30 heavy (non-hydrogen) atoms. The average molecular weight is 420 g/mol. The molecular weight excluding hydrogens is 394 g/mol. The van der Waals surface area contributed by atoms with Crippen molar-refractivity contribution in [3.63, 3.8) is 0 Å². The number of thiazole rings is 1. The molecule has 4 heterocycles. The van der Waals surface area contributed by atoms with E-state index in [1.54, 1.807) is 17.7 Å². The molecule has 0 unspecified atom stereocenters. The van der Waals surface area contributed by atoms with Gasteiger partial charge >= 0.3 is 0 Å². The second-order valence-corrected chi connectivity index (χ2v) is 8.89. The summed E-state index contributed by atoms with van der Waals surface area (Å²) in [5, 5.41) is 3.23. The molecule has 6 nitrogen and oxygen atoms in total. The summed E-state index contributed by atoms with van der Waals surface area (Å²) < 4.78 is 2.04. The molecule has 1 aliphatic rings. The number of H-pyrrole nitrogens is 1. The Morgan fingerprint density at radius 2 is 2.07 bits per heavy atom. The first-order valence-corrected chi connectivity index (χ1v) is 11.3. The van der Waals surface area contributed by atoms with Crippen LogP contribution < -0.4 is 4.90 Å². The molecule has 0 spiro atoms. The normalized spacial score (nSPS) is 14.5. The van der Waals surface area contributed by atoms with Crippen molar-refractivity contribution < 1.29 is 4.79 Å². The van der Waals surface area contributed by atoms with Gasteiger partial charge in [-0.25, -0.2) is 9.97 Å². The van der Waals surface area contributed by atoms with Crippen LogP contribution in [0.25, 0.3) is 11.0 Å². The highest BCUT2D eigenvalue weighted by Crippen LogP contribution is 2.25. The van der Waals surface area contributed by atoms with Gasteiger partial charge in [0.25, 0.3) is 0 Å². The Hall–Kier alpha value is -2.93. The van der Waals surface area contributed by atoms with Crippen LogP contribution in [0.1, 0.15) is 46.6 Å². The lowest BCUT2D eigenvalue weighted by Gasteiger charge is -2.25. The number of nitrogens with zero attached hydrogens (tertiary/aromatic N) is 4. The van der Waals surface area contributed by atoms with Gasteiger partial charge in [-0.15, -0.1) is 11.3 Å². The molecule has 154 valence electrons. The molecule has 1 aliphatic heterocycles. The molecule has 3 aromatic heterocycles. The van der Waals surface area contributed by atoms with E-state index in [-0.39, 0.29) is 5.78 Å². The Labute approximate surface area is 179 Å². The van der Waals surface area contributed by atoms with Crippen LogP contribution in [0.2, 0.25) is 0 Å². The van der Waals surface area contributed by atoms with E-state index in [9.17, 15) is 4.79 Å². The summed E-state index contributed by atoms with van der Waals surface area (Å²) >= 11 is 1.71. The Balaban J connectivity index is 1.33. The molecule has 0 radical (unpaired) electrons. The Bertz CT molecular complexity index is 1180. The van der Waals surface area contributed by atoms with E-state index < -0.39 is 0 Å². The highest BCUT2D eigenvalue weighted by Gasteiger charge is 2.17. The number of aromatic amines is 1. The van der Waals surface area contributed by atoms with Crippen molar-refractivity contribution in [3.8, 4) is 0 Å². The van der Waals surface area contributed by atoms with Crippen molar-refractivity contribution >= 4 is 33.3 Å². The van der Waals surface area contributed by atoms with Gasteiger partial charge in [0.2, 0.25) is 0 Å². The maximum atomic E-state index is 13.1. The Morgan fingerprint density at radius 1 is 1.20 bits per heavy atom. The number of benzene rings is 1. The molecule has 1 N–H and O–H groups in total. The van der Waals surface area contributed by atoms with Crippen molar-refractivity contribution in [2.24, 2.45) is 0 Å². The first-order valence-electron chi connectivity index (χ1n) is 10.5. The summed E-state index contributed by atoms with van der Waals surface area (Å²) in [5.74, 6) is 0.119. The lowest BCUT2D eigenvalue weighted by molar-refractivity contribution is 0.0984. The number of Topliss-reactive ketones (excluding diaryl/α,β-unsaturated/α-hetero) is 1. The van der Waals surface area contributed by atoms with E-state index >= 15 is 0 Å². The topological polar surface area (TPSA) is 66.8 Å². The van der Waals surface area contributed by atoms with Gasteiger partial charge in [0, 0.05) is 31.1 Å². The van der Waals surface area contributed by atoms with Crippen LogP contribution in [0.5, 0.6) is 0 Å². The minimum atomic E-state index is 0.119. The molecule has 0 saturated carbocycles. The minimum absolute atomic E-state index is 0.119. The molecule has 1 saturated heterocycles. The van der Waals surface area contributed by atoms with Crippen molar-refractivity contribution in [2.45, 2.75) is 39.2 Å². The van der Waals surface area contributed by atoms with Crippen LogP contribution in [0.4, 0.5) is 5.13 Å². The zero-order chi connectivity index (χ0) is 20.5. The Morgan fingerprint density at radius 3 is 2.93 bits per heavy atom. The van der Waals surface area contributed by atoms with Crippen LogP contribution >= 0.6 is 11.3 Å². The number of ketones is 1. The quantitative estimate of drug-likeness (QED) is 0.464. The van der Waals surface area contributed by atoms with Crippen molar-refractivity contribution in [2.75, 3.05) is 18.0 Å². The smallest absolute Gasteiger partial charge is 0.185 e. The van der Waals surface area contributed by atoms with Crippen molar-refractivity contribution in [3.05, 3.63) is 64.7 Å². The number of carbonyl (C=O) groups excluding carboxylic acids is 1. The Kier molecular flexibility index (Phi) is 5.12. The summed E-state index contributed by atoms with van der Waals surface area (Å²) in [7, 11) is 0. The van der Waals surface area contributed by atoms with Crippen molar-refractivity contribution in [1.82, 2.24) is 19.5 Å². The summed E-state index contributed by atoms with van der Waals surface area (Å²) in [6.07, 6.45) is 7.90. The second kappa shape index (κ2) is 8.07. The predicted octanol–water partition coefficient (Wildman–Crippen LogP) is 4.59. The van der Waals surface area contributed by atoms with E-state index in [1.165, 1.54) is 19.3 Å². The van der Waals surface area contributed by atoms with Gasteiger partial charge in [-0.1, -0.05) is 6.07 Å². The SMILES string of the molecule is Cc1cc(C(=O)Cc2ccc3nc[nH]c3c2)n(Cc2csc(N3CCCCC3)n2)c1. The minimum Gasteiger partial charge on any atom is -0.348 e. The molecule has 0 amide bonds. The number of anilines is 1. The van der Waals surface area contributed by atoms with Gasteiger partial charge in [0.1, 0.15) is 0 Å². The first kappa shape index (κ1) is 19.1. The van der Waals surface area contributed by atoms with Gasteiger partial charge in [0.05, 0.1) is 35.3 Å². The molecular formula is C23H25N5OS. The molecule has 5 rings (SSSR count). The monoisotopic (exact) mass is 419 g/mol. The molecule has 1 fully saturated rings. The van der Waals surface area contributed by atoms with E-state index in [0.717, 1.165) is 51.8 Å². The van der Waals surface area contributed by atoms with Gasteiger partial charge in [-0.2, -0.15) is 0 Å². The highest BCUT2D eigenvalue weighted by atomic mass is 32.1. The summed E-state index contributed by atoms with van der Waals surface area (Å²) in [5.41, 5.74) is 5.71. The van der Waals surface area contributed by atoms with Crippen molar-refractivity contribution in [1.29, 1.82) is 0 Å². The number of imidazole rings is 1. The van der Waals surface area contributed by atoms with Crippen LogP contribution in [0, 0.1) is 6.92 Å². The van der Waals surface area contributed by atoms with Gasteiger partial charge in [0.15, 0.2) is 10.9 Å². The fourth-order valence-corrected chi connectivity index (χ4v) is 5.04. The van der Waals surface area contributed by atoms with Crippen LogP contribution in [0.15, 0.2) is 42.2 Å². The van der Waals surface area contributed by atoms with Gasteiger partial charge < -0.3 is 14.5 Å². The summed E-state index contributed by atoms with van der Waals surface area (Å²) in [6, 6.07) is 7.92. The van der Waals surface area contributed by atoms with Gasteiger partial charge in [-0.3, -0.25) is 4.79 Å². The number of carbonyl (C=O) groups is 1. The summed E-state index contributed by atoms with van der Waals surface area (Å²) in [6.45, 7) is 4.85. The molecule has 0 bridgehead atoms. The second-order valence-electron chi connectivity index (χ2n) is 8.05. The van der Waals surface area contributed by atoms with Gasteiger partial charge in [-0.05, 0) is 55.5 Å². The molecule has 0 aliphatic carbocycles. The third-order valence-electron chi connectivity index (χ3n) is 5.67. The van der Waals surface area contributed by atoms with E-state index in [4.69, 9.17) is 4.98 Å². The third-order valence-corrected chi connectivity index (χ3v) is 6.62. The third kappa shape index (κ3) is 3.89. The number of hydrogen-bond acceptors (Lipinski definition) is 5. The number of aromatic nitrogens is 4. The summed E-state index contributed by atoms with van der Waals surface area (Å²) in [4.78, 5) is 27.7. The zero-order valence-electron chi connectivity index (χ0n) is 17.1. The number of aryl methyl sites for hydroxylation is 1. The van der Waals surface area contributed by atoms with Crippen LogP contribution in [-0.2, 0) is 13.0 Å². The lowest BCUT2D eigenvalue weighted by atomic mass is 10.1. The fraction of sp³-hybridized carbons (Fsp3) is 0.348. The van der Waals surface area contributed by atoms with E-state index in [0.29, 0.717) is 13.0 Å². The molecule has 1 aromatic carbocycles. The van der Waals surface area contributed by atoms with E-state index in [1.807, 2.05) is 42.0 Å². The highest BCUT2D eigenvalue weighted by molar-refractivity contribution is 7.13. The molecule has 4 aromatic rings. The predicted molar refractivity (Wildman–Crippen MR) is 121 cm³/mol. The number of piperidine rings is 1. The number of rotatable bonds is 6. The maximum Gasteiger partial charge on any atom is 0.185 e. The largest absolute Gasteiger partial charge is 0.348 e. The fourth-order valence-electron chi connectivity index (χ4n) is 4.17. The molecule has 7 heteroatoms. The lowest BCUT2D eigenvalue weighted by Crippen LogP contribution is -2.29. The van der Waals surface area contributed by atoms with Crippen LogP contribution in [0.3, 0.4) is 0 Å². The number of fused-ring (bicyclic) bond motifs is 1. The van der Waals surface area contributed by atoms with E-state index in [2.05, 4.69) is 20.2 Å². The first-order chi connectivity index (χ1) is 14.7. The number of nitrogens with one attached hydrogen (secondary N) is 1. The standard InChI is InChI=1S/C23H25N5OS/c1-16-9-21(22(29)11-17-5-6-19-20(10-17)25-15-24-19)28(12-16)13-18-14-30-23(26-18)27-7-3-2-4-8-27/h5-6,9-10,12,14-15H,2-4,7-8,11,13H2,1H3,(H,24,25). The number of hydrogen-bond donors (Lipinski definition) is 1. The maximum absolute atomic E-state index is 13.1. The molecule has 0 atom stereocenters. The zero-order valence-corrected chi connectivity index (χ0v) is 17.9.